The largest absolute Gasteiger partial charge is 0.486 e. The zero-order valence-electron chi connectivity index (χ0n) is 22.8. The molecule has 1 atom stereocenters. The lowest BCUT2D eigenvalue weighted by Gasteiger charge is -2.32. The molecule has 212 valence electrons. The van der Waals surface area contributed by atoms with Gasteiger partial charge in [-0.05, 0) is 43.4 Å². The molecule has 1 aliphatic heterocycles. The summed E-state index contributed by atoms with van der Waals surface area (Å²) in [5.41, 5.74) is 1.39. The van der Waals surface area contributed by atoms with Crippen LogP contribution in [-0.4, -0.2) is 63.2 Å². The van der Waals surface area contributed by atoms with E-state index in [2.05, 4.69) is 5.32 Å². The van der Waals surface area contributed by atoms with Crippen LogP contribution in [0, 0.1) is 0 Å². The van der Waals surface area contributed by atoms with Crippen LogP contribution >= 0.6 is 0 Å². The van der Waals surface area contributed by atoms with Crippen LogP contribution in [0.2, 0.25) is 0 Å². The van der Waals surface area contributed by atoms with Gasteiger partial charge in [-0.25, -0.2) is 8.42 Å². The van der Waals surface area contributed by atoms with Gasteiger partial charge < -0.3 is 19.7 Å². The molecule has 1 unspecified atom stereocenters. The van der Waals surface area contributed by atoms with E-state index in [1.54, 1.807) is 23.1 Å². The van der Waals surface area contributed by atoms with Crippen molar-refractivity contribution in [3.8, 4) is 11.5 Å². The second-order valence-corrected chi connectivity index (χ2v) is 12.1. The van der Waals surface area contributed by atoms with Crippen molar-refractivity contribution < 1.29 is 27.5 Å². The van der Waals surface area contributed by atoms with E-state index >= 15 is 0 Å². The summed E-state index contributed by atoms with van der Waals surface area (Å²) >= 11 is 0. The molecule has 2 aromatic carbocycles. The summed E-state index contributed by atoms with van der Waals surface area (Å²) in [7, 11) is -3.61. The lowest BCUT2D eigenvalue weighted by atomic mass is 10.1. The van der Waals surface area contributed by atoms with E-state index in [0.29, 0.717) is 49.8 Å². The summed E-state index contributed by atoms with van der Waals surface area (Å²) < 4.78 is 37.8. The van der Waals surface area contributed by atoms with E-state index in [1.165, 1.54) is 4.31 Å². The first-order chi connectivity index (χ1) is 18.8. The highest BCUT2D eigenvalue weighted by Crippen LogP contribution is 2.34. The van der Waals surface area contributed by atoms with Gasteiger partial charge in [-0.15, -0.1) is 0 Å². The summed E-state index contributed by atoms with van der Waals surface area (Å²) in [5.74, 6) is 0.772. The molecular formula is C29H39N3O6S. The van der Waals surface area contributed by atoms with Gasteiger partial charge in [0.05, 0.1) is 11.9 Å². The predicted octanol–water partition coefficient (Wildman–Crippen LogP) is 3.87. The number of fused-ring (bicyclic) bond motifs is 1. The maximum Gasteiger partial charge on any atom is 0.243 e. The Kier molecular flexibility index (Phi) is 9.72. The Morgan fingerprint density at radius 1 is 1.03 bits per heavy atom. The van der Waals surface area contributed by atoms with Crippen molar-refractivity contribution in [3.63, 3.8) is 0 Å². The van der Waals surface area contributed by atoms with Gasteiger partial charge in [-0.2, -0.15) is 0 Å². The van der Waals surface area contributed by atoms with Crippen LogP contribution in [0.25, 0.3) is 0 Å². The molecule has 0 radical (unpaired) electrons. The van der Waals surface area contributed by atoms with Crippen molar-refractivity contribution in [2.75, 3.05) is 30.3 Å². The van der Waals surface area contributed by atoms with Crippen LogP contribution in [0.4, 0.5) is 5.69 Å². The van der Waals surface area contributed by atoms with Crippen LogP contribution in [0.5, 0.6) is 11.5 Å². The van der Waals surface area contributed by atoms with Gasteiger partial charge in [0.2, 0.25) is 21.8 Å². The van der Waals surface area contributed by atoms with Crippen LogP contribution in [0.1, 0.15) is 57.4 Å². The number of ether oxygens (including phenoxy) is 2. The van der Waals surface area contributed by atoms with Crippen molar-refractivity contribution in [1.29, 1.82) is 0 Å². The summed E-state index contributed by atoms with van der Waals surface area (Å²) in [5, 5.41) is 3.15. The van der Waals surface area contributed by atoms with Crippen LogP contribution < -0.4 is 19.1 Å². The Balaban J connectivity index is 1.46. The van der Waals surface area contributed by atoms with Gasteiger partial charge in [0, 0.05) is 31.6 Å². The number of hydrogen-bond donors (Lipinski definition) is 1. The number of carbonyl (C=O) groups excluding carboxylic acids is 2. The number of sulfonamides is 1. The number of amides is 2. The summed E-state index contributed by atoms with van der Waals surface area (Å²) in [4.78, 5) is 28.5. The highest BCUT2D eigenvalue weighted by molar-refractivity contribution is 7.92. The lowest BCUT2D eigenvalue weighted by Crippen LogP contribution is -2.51. The van der Waals surface area contributed by atoms with Gasteiger partial charge in [0.25, 0.3) is 0 Å². The fourth-order valence-corrected chi connectivity index (χ4v) is 6.22. The zero-order valence-corrected chi connectivity index (χ0v) is 23.6. The Bertz CT molecular complexity index is 1230. The summed E-state index contributed by atoms with van der Waals surface area (Å²) in [6.45, 7) is 3.19. The summed E-state index contributed by atoms with van der Waals surface area (Å²) in [6.07, 6.45) is 6.19. The maximum atomic E-state index is 13.6. The average Bonchev–Trinajstić information content (AvgIpc) is 3.43. The number of benzene rings is 2. The van der Waals surface area contributed by atoms with Crippen LogP contribution in [0.15, 0.2) is 48.5 Å². The number of anilines is 1. The lowest BCUT2D eigenvalue weighted by molar-refractivity contribution is -0.141. The first kappa shape index (κ1) is 28.7. The predicted molar refractivity (Wildman–Crippen MR) is 150 cm³/mol. The zero-order chi connectivity index (χ0) is 27.8. The SMILES string of the molecule is CCC(C(=O)NC1CCCC1)N(Cc1ccccc1)C(=O)CCCN(c1ccc2c(c1)OCCO2)S(C)(=O)=O. The molecule has 0 bridgehead atoms. The van der Waals surface area contributed by atoms with E-state index in [9.17, 15) is 18.0 Å². The molecule has 1 fully saturated rings. The monoisotopic (exact) mass is 557 g/mol. The number of carbonyl (C=O) groups is 2. The van der Waals surface area contributed by atoms with Gasteiger partial charge in [-0.1, -0.05) is 50.1 Å². The van der Waals surface area contributed by atoms with Crippen molar-refractivity contribution >= 4 is 27.5 Å². The second-order valence-electron chi connectivity index (χ2n) is 10.2. The van der Waals surface area contributed by atoms with Crippen molar-refractivity contribution in [2.45, 2.75) is 70.5 Å². The van der Waals surface area contributed by atoms with E-state index in [-0.39, 0.29) is 30.8 Å². The molecule has 10 heteroatoms. The molecule has 4 rings (SSSR count). The van der Waals surface area contributed by atoms with Gasteiger partial charge in [-0.3, -0.25) is 13.9 Å². The third-order valence-corrected chi connectivity index (χ3v) is 8.44. The molecule has 9 nitrogen and oxygen atoms in total. The van der Waals surface area contributed by atoms with Crippen molar-refractivity contribution in [1.82, 2.24) is 10.2 Å². The third kappa shape index (κ3) is 7.65. The van der Waals surface area contributed by atoms with Crippen LogP contribution in [-0.2, 0) is 26.2 Å². The Morgan fingerprint density at radius 3 is 2.38 bits per heavy atom. The molecule has 0 saturated heterocycles. The smallest absolute Gasteiger partial charge is 0.243 e. The number of rotatable bonds is 12. The maximum absolute atomic E-state index is 13.6. The molecule has 2 amide bonds. The highest BCUT2D eigenvalue weighted by atomic mass is 32.2. The molecule has 1 aliphatic carbocycles. The minimum absolute atomic E-state index is 0.108. The van der Waals surface area contributed by atoms with Gasteiger partial charge in [0.15, 0.2) is 11.5 Å². The normalized spacial score (nSPS) is 15.9. The molecule has 39 heavy (non-hydrogen) atoms. The molecule has 1 heterocycles. The minimum Gasteiger partial charge on any atom is -0.486 e. The fourth-order valence-electron chi connectivity index (χ4n) is 5.26. The summed E-state index contributed by atoms with van der Waals surface area (Å²) in [6, 6.07) is 14.2. The Labute approximate surface area is 231 Å². The fraction of sp³-hybridized carbons (Fsp3) is 0.517. The number of nitrogens with one attached hydrogen (secondary N) is 1. The highest BCUT2D eigenvalue weighted by Gasteiger charge is 2.31. The Morgan fingerprint density at radius 2 is 1.72 bits per heavy atom. The topological polar surface area (TPSA) is 105 Å². The quantitative estimate of drug-likeness (QED) is 0.425. The van der Waals surface area contributed by atoms with Crippen molar-refractivity contribution in [2.24, 2.45) is 0 Å². The first-order valence-electron chi connectivity index (χ1n) is 13.8. The molecular weight excluding hydrogens is 518 g/mol. The minimum atomic E-state index is -3.61. The molecule has 2 aromatic rings. The molecule has 0 aromatic heterocycles. The molecule has 0 spiro atoms. The van der Waals surface area contributed by atoms with E-state index < -0.39 is 16.1 Å². The average molecular weight is 558 g/mol. The first-order valence-corrected chi connectivity index (χ1v) is 15.6. The standard InChI is InChI=1S/C29H39N3O6S/c1-3-25(29(34)30-23-12-7-8-13-23)31(21-22-10-5-4-6-11-22)28(33)14-9-17-32(39(2,35)36)24-15-16-26-27(20-24)38-19-18-37-26/h4-6,10-11,15-16,20,23,25H,3,7-9,12-14,17-19,21H2,1-2H3,(H,30,34). The third-order valence-electron chi connectivity index (χ3n) is 7.25. The van der Waals surface area contributed by atoms with Gasteiger partial charge >= 0.3 is 0 Å². The Hall–Kier alpha value is -3.27. The molecule has 2 aliphatic rings. The van der Waals surface area contributed by atoms with Gasteiger partial charge in [0.1, 0.15) is 19.3 Å². The molecule has 1 N–H and O–H groups in total. The van der Waals surface area contributed by atoms with E-state index in [4.69, 9.17) is 9.47 Å². The van der Waals surface area contributed by atoms with E-state index in [0.717, 1.165) is 37.5 Å². The van der Waals surface area contributed by atoms with Crippen molar-refractivity contribution in [3.05, 3.63) is 54.1 Å². The van der Waals surface area contributed by atoms with E-state index in [1.807, 2.05) is 37.3 Å². The molecule has 1 saturated carbocycles. The number of nitrogens with zero attached hydrogens (tertiary/aromatic N) is 2. The second kappa shape index (κ2) is 13.2. The number of hydrogen-bond acceptors (Lipinski definition) is 6. The van der Waals surface area contributed by atoms with Crippen LogP contribution in [0.3, 0.4) is 0 Å².